The standard InChI is InChI=1S/C13H16N4O2/c1-2-5-14-12(18)8-15-13(19)9-3-4-10-7-16-17-11(10)6-9/h3-4,6-7H,2,5,8H2,1H3,(H,14,18)(H,15,19)(H,16,17). The summed E-state index contributed by atoms with van der Waals surface area (Å²) in [7, 11) is 0. The van der Waals surface area contributed by atoms with Crippen molar-refractivity contribution in [1.29, 1.82) is 0 Å². The summed E-state index contributed by atoms with van der Waals surface area (Å²) < 4.78 is 0. The number of aromatic nitrogens is 2. The molecule has 0 saturated heterocycles. The van der Waals surface area contributed by atoms with Crippen molar-refractivity contribution in [3.8, 4) is 0 Å². The second kappa shape index (κ2) is 5.99. The van der Waals surface area contributed by atoms with E-state index in [1.807, 2.05) is 13.0 Å². The Bertz CT molecular complexity index is 591. The lowest BCUT2D eigenvalue weighted by Crippen LogP contribution is -2.37. The Morgan fingerprint density at radius 3 is 2.95 bits per heavy atom. The molecule has 0 aliphatic rings. The average Bonchev–Trinajstić information content (AvgIpc) is 2.89. The first-order chi connectivity index (χ1) is 9.20. The second-order valence-corrected chi connectivity index (χ2v) is 4.20. The van der Waals surface area contributed by atoms with E-state index in [0.717, 1.165) is 17.3 Å². The highest BCUT2D eigenvalue weighted by Gasteiger charge is 2.08. The SMILES string of the molecule is CCCNC(=O)CNC(=O)c1ccc2cn[nH]c2c1. The number of amides is 2. The van der Waals surface area contributed by atoms with Gasteiger partial charge in [0, 0.05) is 17.5 Å². The van der Waals surface area contributed by atoms with E-state index in [2.05, 4.69) is 20.8 Å². The van der Waals surface area contributed by atoms with E-state index >= 15 is 0 Å². The molecule has 6 nitrogen and oxygen atoms in total. The summed E-state index contributed by atoms with van der Waals surface area (Å²) in [5.74, 6) is -0.457. The Kier molecular flexibility index (Phi) is 4.12. The van der Waals surface area contributed by atoms with Crippen LogP contribution in [-0.2, 0) is 4.79 Å². The molecule has 0 unspecified atom stereocenters. The Hall–Kier alpha value is -2.37. The number of rotatable bonds is 5. The highest BCUT2D eigenvalue weighted by molar-refractivity contribution is 5.99. The van der Waals surface area contributed by atoms with Crippen LogP contribution in [0.2, 0.25) is 0 Å². The van der Waals surface area contributed by atoms with Crippen molar-refractivity contribution in [2.75, 3.05) is 13.1 Å². The number of nitrogens with zero attached hydrogens (tertiary/aromatic N) is 1. The van der Waals surface area contributed by atoms with Gasteiger partial charge in [-0.25, -0.2) is 0 Å². The molecule has 0 saturated carbocycles. The van der Waals surface area contributed by atoms with Gasteiger partial charge in [0.05, 0.1) is 18.3 Å². The molecule has 0 aliphatic carbocycles. The molecule has 1 heterocycles. The minimum Gasteiger partial charge on any atom is -0.355 e. The van der Waals surface area contributed by atoms with Gasteiger partial charge in [-0.15, -0.1) is 0 Å². The zero-order valence-corrected chi connectivity index (χ0v) is 10.7. The van der Waals surface area contributed by atoms with Crippen LogP contribution in [0.5, 0.6) is 0 Å². The highest BCUT2D eigenvalue weighted by Crippen LogP contribution is 2.12. The van der Waals surface area contributed by atoms with Crippen molar-refractivity contribution in [2.24, 2.45) is 0 Å². The summed E-state index contributed by atoms with van der Waals surface area (Å²) in [6, 6.07) is 5.23. The predicted octanol–water partition coefficient (Wildman–Crippen LogP) is 0.819. The third kappa shape index (κ3) is 3.31. The lowest BCUT2D eigenvalue weighted by molar-refractivity contribution is -0.120. The first-order valence-electron chi connectivity index (χ1n) is 6.18. The van der Waals surface area contributed by atoms with E-state index < -0.39 is 0 Å². The summed E-state index contributed by atoms with van der Waals surface area (Å²) in [4.78, 5) is 23.2. The third-order valence-corrected chi connectivity index (χ3v) is 2.69. The number of carbonyl (C=O) groups excluding carboxylic acids is 2. The molecule has 0 radical (unpaired) electrons. The van der Waals surface area contributed by atoms with E-state index in [4.69, 9.17) is 0 Å². The Labute approximate surface area is 110 Å². The molecule has 3 N–H and O–H groups in total. The van der Waals surface area contributed by atoms with Gasteiger partial charge >= 0.3 is 0 Å². The molecule has 0 aliphatic heterocycles. The van der Waals surface area contributed by atoms with Crippen LogP contribution in [-0.4, -0.2) is 35.1 Å². The molecule has 2 rings (SSSR count). The van der Waals surface area contributed by atoms with Crippen molar-refractivity contribution < 1.29 is 9.59 Å². The molecular weight excluding hydrogens is 244 g/mol. The Morgan fingerprint density at radius 1 is 1.32 bits per heavy atom. The number of carbonyl (C=O) groups is 2. The molecule has 19 heavy (non-hydrogen) atoms. The zero-order chi connectivity index (χ0) is 13.7. The van der Waals surface area contributed by atoms with Gasteiger partial charge in [-0.3, -0.25) is 14.7 Å². The molecule has 0 bridgehead atoms. The number of hydrogen-bond acceptors (Lipinski definition) is 3. The van der Waals surface area contributed by atoms with Gasteiger partial charge in [0.15, 0.2) is 0 Å². The van der Waals surface area contributed by atoms with Crippen molar-refractivity contribution in [1.82, 2.24) is 20.8 Å². The summed E-state index contributed by atoms with van der Waals surface area (Å²) in [5.41, 5.74) is 1.29. The number of benzene rings is 1. The summed E-state index contributed by atoms with van der Waals surface area (Å²) in [5, 5.41) is 12.9. The van der Waals surface area contributed by atoms with Crippen LogP contribution in [0.15, 0.2) is 24.4 Å². The van der Waals surface area contributed by atoms with E-state index in [1.54, 1.807) is 18.3 Å². The average molecular weight is 260 g/mol. The summed E-state index contributed by atoms with van der Waals surface area (Å²) >= 11 is 0. The van der Waals surface area contributed by atoms with Gasteiger partial charge in [0.25, 0.3) is 5.91 Å². The molecule has 0 fully saturated rings. The van der Waals surface area contributed by atoms with Crippen LogP contribution in [0.3, 0.4) is 0 Å². The molecule has 0 spiro atoms. The van der Waals surface area contributed by atoms with E-state index in [-0.39, 0.29) is 18.4 Å². The fraction of sp³-hybridized carbons (Fsp3) is 0.308. The quantitative estimate of drug-likeness (QED) is 0.743. The maximum Gasteiger partial charge on any atom is 0.251 e. The van der Waals surface area contributed by atoms with Crippen molar-refractivity contribution in [2.45, 2.75) is 13.3 Å². The van der Waals surface area contributed by atoms with Crippen LogP contribution >= 0.6 is 0 Å². The Morgan fingerprint density at radius 2 is 2.16 bits per heavy atom. The first-order valence-corrected chi connectivity index (χ1v) is 6.18. The monoisotopic (exact) mass is 260 g/mol. The van der Waals surface area contributed by atoms with Crippen LogP contribution in [0.1, 0.15) is 23.7 Å². The van der Waals surface area contributed by atoms with Gasteiger partial charge in [-0.05, 0) is 18.6 Å². The number of fused-ring (bicyclic) bond motifs is 1. The molecule has 6 heteroatoms. The molecule has 0 atom stereocenters. The fourth-order valence-electron chi connectivity index (χ4n) is 1.67. The maximum absolute atomic E-state index is 11.9. The topological polar surface area (TPSA) is 86.9 Å². The number of hydrogen-bond donors (Lipinski definition) is 3. The number of aromatic amines is 1. The molecule has 1 aromatic carbocycles. The minimum atomic E-state index is -0.275. The minimum absolute atomic E-state index is 0.0140. The maximum atomic E-state index is 11.9. The Balaban J connectivity index is 1.94. The lowest BCUT2D eigenvalue weighted by Gasteiger charge is -2.06. The van der Waals surface area contributed by atoms with Gasteiger partial charge in [0.1, 0.15) is 0 Å². The van der Waals surface area contributed by atoms with Crippen LogP contribution in [0.4, 0.5) is 0 Å². The largest absolute Gasteiger partial charge is 0.355 e. The van der Waals surface area contributed by atoms with Crippen LogP contribution < -0.4 is 10.6 Å². The summed E-state index contributed by atoms with van der Waals surface area (Å²) in [6.07, 6.45) is 2.56. The van der Waals surface area contributed by atoms with Crippen LogP contribution in [0.25, 0.3) is 10.9 Å². The second-order valence-electron chi connectivity index (χ2n) is 4.20. The van der Waals surface area contributed by atoms with Gasteiger partial charge < -0.3 is 10.6 Å². The lowest BCUT2D eigenvalue weighted by atomic mass is 10.1. The van der Waals surface area contributed by atoms with E-state index in [1.165, 1.54) is 0 Å². The molecular formula is C13H16N4O2. The zero-order valence-electron chi connectivity index (χ0n) is 10.7. The van der Waals surface area contributed by atoms with Gasteiger partial charge in [-0.2, -0.15) is 5.10 Å². The molecule has 2 aromatic rings. The predicted molar refractivity (Wildman–Crippen MR) is 71.7 cm³/mol. The van der Waals surface area contributed by atoms with Crippen molar-refractivity contribution in [3.63, 3.8) is 0 Å². The van der Waals surface area contributed by atoms with E-state index in [9.17, 15) is 9.59 Å². The van der Waals surface area contributed by atoms with Crippen molar-refractivity contribution in [3.05, 3.63) is 30.0 Å². The molecule has 2 amide bonds. The van der Waals surface area contributed by atoms with E-state index in [0.29, 0.717) is 12.1 Å². The fourth-order valence-corrected chi connectivity index (χ4v) is 1.67. The third-order valence-electron chi connectivity index (χ3n) is 2.69. The van der Waals surface area contributed by atoms with Gasteiger partial charge in [0.2, 0.25) is 5.91 Å². The highest BCUT2D eigenvalue weighted by atomic mass is 16.2. The normalized spacial score (nSPS) is 10.4. The summed E-state index contributed by atoms with van der Waals surface area (Å²) in [6.45, 7) is 2.58. The first kappa shape index (κ1) is 13.1. The molecule has 1 aromatic heterocycles. The van der Waals surface area contributed by atoms with Crippen molar-refractivity contribution >= 4 is 22.7 Å². The van der Waals surface area contributed by atoms with Crippen LogP contribution in [0, 0.1) is 0 Å². The number of nitrogens with one attached hydrogen (secondary N) is 3. The number of H-pyrrole nitrogens is 1. The molecule has 100 valence electrons. The smallest absolute Gasteiger partial charge is 0.251 e. The van der Waals surface area contributed by atoms with Gasteiger partial charge in [-0.1, -0.05) is 13.0 Å².